The SMILES string of the molecule is NNC(=Nc1ccccc1)N1CCCCc2ccccc21. The maximum Gasteiger partial charge on any atom is 0.218 e. The number of aryl methyl sites for hydroxylation is 1. The zero-order chi connectivity index (χ0) is 14.5. The smallest absolute Gasteiger partial charge is 0.218 e. The fraction of sp³-hybridized carbons (Fsp3) is 0.235. The van der Waals surface area contributed by atoms with Gasteiger partial charge in [0.2, 0.25) is 5.96 Å². The van der Waals surface area contributed by atoms with Crippen molar-refractivity contribution in [1.29, 1.82) is 0 Å². The van der Waals surface area contributed by atoms with Crippen molar-refractivity contribution >= 4 is 17.3 Å². The molecular formula is C17H20N4. The number of rotatable bonds is 1. The van der Waals surface area contributed by atoms with E-state index in [1.807, 2.05) is 30.3 Å². The van der Waals surface area contributed by atoms with Crippen LogP contribution in [0, 0.1) is 0 Å². The lowest BCUT2D eigenvalue weighted by Gasteiger charge is -2.25. The highest BCUT2D eigenvalue weighted by atomic mass is 15.4. The van der Waals surface area contributed by atoms with Gasteiger partial charge in [-0.1, -0.05) is 36.4 Å². The van der Waals surface area contributed by atoms with E-state index < -0.39 is 0 Å². The molecule has 0 saturated carbocycles. The summed E-state index contributed by atoms with van der Waals surface area (Å²) in [7, 11) is 0. The molecule has 1 heterocycles. The molecule has 0 bridgehead atoms. The van der Waals surface area contributed by atoms with Crippen LogP contribution in [0.3, 0.4) is 0 Å². The lowest BCUT2D eigenvalue weighted by molar-refractivity contribution is 0.759. The van der Waals surface area contributed by atoms with Crippen molar-refractivity contribution in [2.45, 2.75) is 19.3 Å². The third-order valence-electron chi connectivity index (χ3n) is 3.74. The molecular weight excluding hydrogens is 260 g/mol. The molecule has 1 aliphatic rings. The van der Waals surface area contributed by atoms with Crippen molar-refractivity contribution in [1.82, 2.24) is 5.43 Å². The maximum absolute atomic E-state index is 5.74. The zero-order valence-electron chi connectivity index (χ0n) is 12.0. The lowest BCUT2D eigenvalue weighted by Crippen LogP contribution is -2.45. The molecule has 108 valence electrons. The van der Waals surface area contributed by atoms with E-state index in [-0.39, 0.29) is 0 Å². The number of nitrogens with zero attached hydrogens (tertiary/aromatic N) is 2. The summed E-state index contributed by atoms with van der Waals surface area (Å²) in [4.78, 5) is 6.82. The summed E-state index contributed by atoms with van der Waals surface area (Å²) >= 11 is 0. The van der Waals surface area contributed by atoms with Gasteiger partial charge in [-0.15, -0.1) is 0 Å². The quantitative estimate of drug-likeness (QED) is 0.365. The molecule has 0 atom stereocenters. The van der Waals surface area contributed by atoms with E-state index in [9.17, 15) is 0 Å². The number of hydrogen-bond donors (Lipinski definition) is 2. The molecule has 3 rings (SSSR count). The van der Waals surface area contributed by atoms with E-state index in [0.717, 1.165) is 25.1 Å². The number of nitrogens with one attached hydrogen (secondary N) is 1. The van der Waals surface area contributed by atoms with Crippen molar-refractivity contribution in [3.8, 4) is 0 Å². The standard InChI is InChI=1S/C17H20N4/c18-20-17(19-15-10-2-1-3-11-15)21-13-7-6-9-14-8-4-5-12-16(14)21/h1-5,8,10-12H,6-7,9,13,18H2,(H,19,20). The van der Waals surface area contributed by atoms with Crippen LogP contribution < -0.4 is 16.2 Å². The van der Waals surface area contributed by atoms with Crippen LogP contribution in [0.2, 0.25) is 0 Å². The van der Waals surface area contributed by atoms with Gasteiger partial charge >= 0.3 is 0 Å². The first-order valence-electron chi connectivity index (χ1n) is 7.34. The number of anilines is 1. The van der Waals surface area contributed by atoms with Crippen LogP contribution in [0.15, 0.2) is 59.6 Å². The number of benzene rings is 2. The zero-order valence-corrected chi connectivity index (χ0v) is 12.0. The van der Waals surface area contributed by atoms with Gasteiger partial charge in [-0.2, -0.15) is 0 Å². The first-order valence-corrected chi connectivity index (χ1v) is 7.34. The Labute approximate surface area is 125 Å². The fourth-order valence-corrected chi connectivity index (χ4v) is 2.71. The van der Waals surface area contributed by atoms with Crippen LogP contribution in [0.25, 0.3) is 0 Å². The first-order chi connectivity index (χ1) is 10.4. The molecule has 0 spiro atoms. The molecule has 0 aromatic heterocycles. The van der Waals surface area contributed by atoms with Crippen LogP contribution in [0.1, 0.15) is 18.4 Å². The second-order valence-corrected chi connectivity index (χ2v) is 5.15. The summed E-state index contributed by atoms with van der Waals surface area (Å²) in [5.41, 5.74) is 6.21. The van der Waals surface area contributed by atoms with Gasteiger partial charge in [0.1, 0.15) is 0 Å². The van der Waals surface area contributed by atoms with E-state index in [4.69, 9.17) is 5.84 Å². The third kappa shape index (κ3) is 3.06. The predicted octanol–water partition coefficient (Wildman–Crippen LogP) is 2.98. The lowest BCUT2D eigenvalue weighted by atomic mass is 10.1. The Bertz CT molecular complexity index is 622. The van der Waals surface area contributed by atoms with Gasteiger partial charge in [-0.05, 0) is 43.0 Å². The van der Waals surface area contributed by atoms with E-state index in [1.165, 1.54) is 17.7 Å². The summed E-state index contributed by atoms with van der Waals surface area (Å²) in [6.45, 7) is 0.923. The normalized spacial score (nSPS) is 15.3. The van der Waals surface area contributed by atoms with E-state index in [1.54, 1.807) is 0 Å². The topological polar surface area (TPSA) is 53.6 Å². The van der Waals surface area contributed by atoms with Crippen LogP contribution in [-0.2, 0) is 6.42 Å². The number of hydrogen-bond acceptors (Lipinski definition) is 2. The van der Waals surface area contributed by atoms with Gasteiger partial charge in [-0.25, -0.2) is 10.8 Å². The van der Waals surface area contributed by atoms with Crippen molar-refractivity contribution in [2.24, 2.45) is 10.8 Å². The number of hydrazine groups is 1. The third-order valence-corrected chi connectivity index (χ3v) is 3.74. The summed E-state index contributed by atoms with van der Waals surface area (Å²) < 4.78 is 0. The Balaban J connectivity index is 1.99. The highest BCUT2D eigenvalue weighted by Crippen LogP contribution is 2.26. The summed E-state index contributed by atoms with van der Waals surface area (Å²) in [5.74, 6) is 6.43. The summed E-state index contributed by atoms with van der Waals surface area (Å²) in [6, 6.07) is 18.4. The Morgan fingerprint density at radius 1 is 1.00 bits per heavy atom. The molecule has 3 N–H and O–H groups in total. The van der Waals surface area contributed by atoms with E-state index in [0.29, 0.717) is 5.96 Å². The predicted molar refractivity (Wildman–Crippen MR) is 87.6 cm³/mol. The molecule has 0 fully saturated rings. The Morgan fingerprint density at radius 3 is 2.57 bits per heavy atom. The molecule has 0 saturated heterocycles. The van der Waals surface area contributed by atoms with Gasteiger partial charge in [-0.3, -0.25) is 5.43 Å². The second kappa shape index (κ2) is 6.41. The van der Waals surface area contributed by atoms with Crippen LogP contribution >= 0.6 is 0 Å². The minimum Gasteiger partial charge on any atom is -0.311 e. The molecule has 2 aromatic rings. The number of aliphatic imine (C=N–C) groups is 1. The van der Waals surface area contributed by atoms with Gasteiger partial charge in [0, 0.05) is 12.2 Å². The number of guanidine groups is 1. The molecule has 0 amide bonds. The van der Waals surface area contributed by atoms with E-state index >= 15 is 0 Å². The number of para-hydroxylation sites is 2. The molecule has 4 heteroatoms. The largest absolute Gasteiger partial charge is 0.311 e. The highest BCUT2D eigenvalue weighted by molar-refractivity contribution is 5.98. The monoisotopic (exact) mass is 280 g/mol. The average molecular weight is 280 g/mol. The average Bonchev–Trinajstić information content (AvgIpc) is 2.76. The van der Waals surface area contributed by atoms with Gasteiger partial charge in [0.05, 0.1) is 5.69 Å². The van der Waals surface area contributed by atoms with Crippen molar-refractivity contribution < 1.29 is 0 Å². The molecule has 1 aliphatic heterocycles. The fourth-order valence-electron chi connectivity index (χ4n) is 2.71. The van der Waals surface area contributed by atoms with Gasteiger partial charge < -0.3 is 4.90 Å². The Kier molecular flexibility index (Phi) is 4.17. The van der Waals surface area contributed by atoms with Crippen molar-refractivity contribution in [3.63, 3.8) is 0 Å². The Morgan fingerprint density at radius 2 is 1.76 bits per heavy atom. The van der Waals surface area contributed by atoms with Crippen molar-refractivity contribution in [3.05, 3.63) is 60.2 Å². The number of fused-ring (bicyclic) bond motifs is 1. The number of nitrogens with two attached hydrogens (primary N) is 1. The molecule has 4 nitrogen and oxygen atoms in total. The summed E-state index contributed by atoms with van der Waals surface area (Å²) in [6.07, 6.45) is 3.43. The minimum atomic E-state index is 0.690. The van der Waals surface area contributed by atoms with Crippen LogP contribution in [-0.4, -0.2) is 12.5 Å². The molecule has 0 unspecified atom stereocenters. The molecule has 0 radical (unpaired) electrons. The minimum absolute atomic E-state index is 0.690. The van der Waals surface area contributed by atoms with Crippen LogP contribution in [0.5, 0.6) is 0 Å². The first kappa shape index (κ1) is 13.6. The van der Waals surface area contributed by atoms with Gasteiger partial charge in [0.15, 0.2) is 0 Å². The summed E-state index contributed by atoms with van der Waals surface area (Å²) in [5, 5.41) is 0. The van der Waals surface area contributed by atoms with Gasteiger partial charge in [0.25, 0.3) is 0 Å². The molecule has 2 aromatic carbocycles. The second-order valence-electron chi connectivity index (χ2n) is 5.15. The molecule has 0 aliphatic carbocycles. The van der Waals surface area contributed by atoms with Crippen LogP contribution in [0.4, 0.5) is 11.4 Å². The highest BCUT2D eigenvalue weighted by Gasteiger charge is 2.18. The molecule has 21 heavy (non-hydrogen) atoms. The Hall–Kier alpha value is -2.33. The van der Waals surface area contributed by atoms with Crippen molar-refractivity contribution in [2.75, 3.05) is 11.4 Å². The van der Waals surface area contributed by atoms with E-state index in [2.05, 4.69) is 39.6 Å². The maximum atomic E-state index is 5.74.